The van der Waals surface area contributed by atoms with Gasteiger partial charge in [-0.15, -0.1) is 6.58 Å². The van der Waals surface area contributed by atoms with Crippen LogP contribution >= 0.6 is 0 Å². The molecule has 2 amide bonds. The third-order valence-corrected chi connectivity index (χ3v) is 3.99. The summed E-state index contributed by atoms with van der Waals surface area (Å²) < 4.78 is 6.72. The van der Waals surface area contributed by atoms with Crippen LogP contribution in [-0.4, -0.2) is 34.9 Å². The summed E-state index contributed by atoms with van der Waals surface area (Å²) >= 11 is 0. The third kappa shape index (κ3) is 3.98. The molecule has 2 heterocycles. The van der Waals surface area contributed by atoms with Crippen LogP contribution < -0.4 is 15.4 Å². The van der Waals surface area contributed by atoms with Crippen LogP contribution in [0.1, 0.15) is 26.7 Å². The zero-order valence-corrected chi connectivity index (χ0v) is 14.9. The lowest BCUT2D eigenvalue weighted by molar-refractivity contribution is 0.0946. The van der Waals surface area contributed by atoms with Crippen molar-refractivity contribution in [2.24, 2.45) is 0 Å². The lowest BCUT2D eigenvalue weighted by atomic mass is 10.2. The van der Waals surface area contributed by atoms with Gasteiger partial charge in [0.05, 0.1) is 12.6 Å². The zero-order valence-electron chi connectivity index (χ0n) is 14.9. The highest BCUT2D eigenvalue weighted by atomic mass is 16.5. The van der Waals surface area contributed by atoms with Crippen LogP contribution in [0.15, 0.2) is 61.3 Å². The van der Waals surface area contributed by atoms with Crippen molar-refractivity contribution in [3.8, 4) is 5.75 Å². The average Bonchev–Trinajstić information content (AvgIpc) is 3.10. The molecule has 0 atom stereocenters. The Morgan fingerprint density at radius 2 is 1.93 bits per heavy atom. The Kier molecular flexibility index (Phi) is 5.51. The fourth-order valence-corrected chi connectivity index (χ4v) is 2.62. The maximum absolute atomic E-state index is 12.6. The molecular weight excluding hydrogens is 344 g/mol. The Balaban J connectivity index is 1.81. The smallest absolute Gasteiger partial charge is 0.287 e. The number of hydrogen-bond acceptors (Lipinski definition) is 4. The Labute approximate surface area is 156 Å². The molecule has 0 aliphatic carbocycles. The molecule has 138 valence electrons. The van der Waals surface area contributed by atoms with E-state index in [-0.39, 0.29) is 23.3 Å². The van der Waals surface area contributed by atoms with Gasteiger partial charge in [-0.1, -0.05) is 24.3 Å². The molecule has 3 aromatic rings. The molecule has 0 aliphatic rings. The molecule has 0 bridgehead atoms. The van der Waals surface area contributed by atoms with Gasteiger partial charge in [0.15, 0.2) is 5.69 Å². The molecule has 0 saturated heterocycles. The number of ether oxygens (including phenoxy) is 1. The van der Waals surface area contributed by atoms with E-state index < -0.39 is 0 Å². The van der Waals surface area contributed by atoms with E-state index in [2.05, 4.69) is 22.2 Å². The van der Waals surface area contributed by atoms with Gasteiger partial charge in [0, 0.05) is 19.3 Å². The fraction of sp³-hybridized carbons (Fsp3) is 0.150. The normalized spacial score (nSPS) is 10.4. The largest absolute Gasteiger partial charge is 0.497 e. The van der Waals surface area contributed by atoms with Gasteiger partial charge in [0.2, 0.25) is 5.82 Å². The van der Waals surface area contributed by atoms with Gasteiger partial charge in [-0.05, 0) is 29.8 Å². The number of hydrogen-bond donors (Lipinski definition) is 2. The number of nitrogens with zero attached hydrogens (tertiary/aromatic N) is 2. The predicted molar refractivity (Wildman–Crippen MR) is 102 cm³/mol. The van der Waals surface area contributed by atoms with Crippen molar-refractivity contribution in [3.63, 3.8) is 0 Å². The Bertz CT molecular complexity index is 977. The number of nitrogens with one attached hydrogen (secondary N) is 2. The number of benzene rings is 1. The lowest BCUT2D eigenvalue weighted by Crippen LogP contribution is -2.26. The maximum atomic E-state index is 12.6. The highest BCUT2D eigenvalue weighted by Crippen LogP contribution is 2.14. The summed E-state index contributed by atoms with van der Waals surface area (Å²) in [5.74, 6) is 0.185. The molecule has 3 rings (SSSR count). The lowest BCUT2D eigenvalue weighted by Gasteiger charge is -2.05. The highest BCUT2D eigenvalue weighted by Gasteiger charge is 2.20. The van der Waals surface area contributed by atoms with E-state index in [1.807, 2.05) is 24.3 Å². The number of imidazole rings is 1. The van der Waals surface area contributed by atoms with E-state index in [9.17, 15) is 9.59 Å². The van der Waals surface area contributed by atoms with Crippen molar-refractivity contribution in [2.45, 2.75) is 6.54 Å². The summed E-state index contributed by atoms with van der Waals surface area (Å²) in [6, 6.07) is 12.7. The highest BCUT2D eigenvalue weighted by molar-refractivity contribution is 6.02. The van der Waals surface area contributed by atoms with Gasteiger partial charge in [0.1, 0.15) is 5.75 Å². The zero-order chi connectivity index (χ0) is 19.2. The van der Waals surface area contributed by atoms with Crippen LogP contribution in [0.5, 0.6) is 5.75 Å². The molecule has 2 aromatic heterocycles. The summed E-state index contributed by atoms with van der Waals surface area (Å²) in [4.78, 5) is 29.2. The number of amides is 2. The summed E-state index contributed by atoms with van der Waals surface area (Å²) in [6.07, 6.45) is 3.28. The molecule has 0 radical (unpaired) electrons. The molecule has 0 fully saturated rings. The van der Waals surface area contributed by atoms with E-state index in [1.165, 1.54) is 0 Å². The van der Waals surface area contributed by atoms with E-state index in [1.54, 1.807) is 42.0 Å². The van der Waals surface area contributed by atoms with Crippen LogP contribution in [-0.2, 0) is 6.54 Å². The molecule has 1 aromatic carbocycles. The van der Waals surface area contributed by atoms with Crippen molar-refractivity contribution >= 4 is 17.3 Å². The van der Waals surface area contributed by atoms with E-state index in [0.29, 0.717) is 18.6 Å². The predicted octanol–water partition coefficient (Wildman–Crippen LogP) is 2.19. The van der Waals surface area contributed by atoms with Gasteiger partial charge in [0.25, 0.3) is 11.8 Å². The van der Waals surface area contributed by atoms with Gasteiger partial charge in [-0.2, -0.15) is 0 Å². The van der Waals surface area contributed by atoms with Crippen molar-refractivity contribution in [1.82, 2.24) is 20.0 Å². The summed E-state index contributed by atoms with van der Waals surface area (Å²) in [5, 5.41) is 5.51. The van der Waals surface area contributed by atoms with Crippen LogP contribution in [0.3, 0.4) is 0 Å². The quantitative estimate of drug-likeness (QED) is 0.630. The van der Waals surface area contributed by atoms with Crippen molar-refractivity contribution < 1.29 is 14.3 Å². The maximum Gasteiger partial charge on any atom is 0.287 e. The first-order valence-electron chi connectivity index (χ1n) is 8.41. The first-order chi connectivity index (χ1) is 13.1. The van der Waals surface area contributed by atoms with E-state index >= 15 is 0 Å². The van der Waals surface area contributed by atoms with E-state index in [0.717, 1.165) is 11.3 Å². The number of carbonyl (C=O) groups excluding carboxylic acids is 2. The number of aromatic nitrogens is 2. The van der Waals surface area contributed by atoms with Crippen LogP contribution in [0.2, 0.25) is 0 Å². The molecule has 0 aliphatic heterocycles. The number of methoxy groups -OCH3 is 1. The number of pyridine rings is 1. The molecule has 27 heavy (non-hydrogen) atoms. The van der Waals surface area contributed by atoms with E-state index in [4.69, 9.17) is 4.74 Å². The van der Waals surface area contributed by atoms with Gasteiger partial charge in [-0.25, -0.2) is 4.98 Å². The molecular formula is C20H20N4O3. The molecule has 2 N–H and O–H groups in total. The monoisotopic (exact) mass is 364 g/mol. The summed E-state index contributed by atoms with van der Waals surface area (Å²) in [5.41, 5.74) is 1.69. The SMILES string of the molecule is C=CCNC(=O)c1nc(C(=O)NCc2ccc(OC)cc2)c2ccccn12. The molecule has 0 saturated carbocycles. The minimum atomic E-state index is -0.370. The number of fused-ring (bicyclic) bond motifs is 1. The second-order valence-corrected chi connectivity index (χ2v) is 5.77. The van der Waals surface area contributed by atoms with Gasteiger partial charge >= 0.3 is 0 Å². The molecule has 0 unspecified atom stereocenters. The molecule has 0 spiro atoms. The minimum absolute atomic E-state index is 0.155. The Hall–Kier alpha value is -3.61. The van der Waals surface area contributed by atoms with Crippen molar-refractivity contribution in [2.75, 3.05) is 13.7 Å². The first-order valence-corrected chi connectivity index (χ1v) is 8.41. The number of rotatable bonds is 7. The Morgan fingerprint density at radius 3 is 2.63 bits per heavy atom. The summed E-state index contributed by atoms with van der Waals surface area (Å²) in [6.45, 7) is 4.23. The summed E-state index contributed by atoms with van der Waals surface area (Å²) in [7, 11) is 1.60. The molecule has 7 heteroatoms. The molecule has 7 nitrogen and oxygen atoms in total. The Morgan fingerprint density at radius 1 is 1.15 bits per heavy atom. The standard InChI is InChI=1S/C20H20N4O3/c1-3-11-21-20(26)18-23-17(16-6-4-5-12-24(16)18)19(25)22-13-14-7-9-15(27-2)10-8-14/h3-10,12H,1,11,13H2,2H3,(H,21,26)(H,22,25). The minimum Gasteiger partial charge on any atom is -0.497 e. The van der Waals surface area contributed by atoms with Crippen molar-refractivity contribution in [1.29, 1.82) is 0 Å². The van der Waals surface area contributed by atoms with Gasteiger partial charge < -0.3 is 15.4 Å². The van der Waals surface area contributed by atoms with Crippen molar-refractivity contribution in [3.05, 3.63) is 78.4 Å². The van der Waals surface area contributed by atoms with Crippen LogP contribution in [0, 0.1) is 0 Å². The van der Waals surface area contributed by atoms with Crippen LogP contribution in [0.25, 0.3) is 5.52 Å². The third-order valence-electron chi connectivity index (χ3n) is 3.99. The average molecular weight is 364 g/mol. The van der Waals surface area contributed by atoms with Crippen LogP contribution in [0.4, 0.5) is 0 Å². The number of carbonyl (C=O) groups is 2. The fourth-order valence-electron chi connectivity index (χ4n) is 2.62. The topological polar surface area (TPSA) is 84.7 Å². The first kappa shape index (κ1) is 18.2. The second kappa shape index (κ2) is 8.18. The van der Waals surface area contributed by atoms with Gasteiger partial charge in [-0.3, -0.25) is 14.0 Å². The second-order valence-electron chi connectivity index (χ2n) is 5.77.